The molecule has 20 heavy (non-hydrogen) atoms. The third kappa shape index (κ3) is 2.98. The molecule has 0 fully saturated rings. The summed E-state index contributed by atoms with van der Waals surface area (Å²) < 4.78 is 0. The van der Waals surface area contributed by atoms with Crippen LogP contribution in [0, 0.1) is 0 Å². The van der Waals surface area contributed by atoms with Gasteiger partial charge in [0, 0.05) is 12.2 Å². The molecule has 5 nitrogen and oxygen atoms in total. The Morgan fingerprint density at radius 2 is 2.25 bits per heavy atom. The minimum Gasteiger partial charge on any atom is -0.368 e. The second-order valence-corrected chi connectivity index (χ2v) is 5.43. The second kappa shape index (κ2) is 6.03. The lowest BCUT2D eigenvalue weighted by atomic mass is 10.1. The van der Waals surface area contributed by atoms with E-state index >= 15 is 0 Å². The summed E-state index contributed by atoms with van der Waals surface area (Å²) >= 11 is 0. The van der Waals surface area contributed by atoms with Crippen LogP contribution in [-0.4, -0.2) is 33.4 Å². The predicted octanol–water partition coefficient (Wildman–Crippen LogP) is 2.36. The third-order valence-corrected chi connectivity index (χ3v) is 3.48. The highest BCUT2D eigenvalue weighted by Crippen LogP contribution is 2.20. The number of hydrogen-bond donors (Lipinski definition) is 1. The number of aromatic nitrogens is 2. The minimum atomic E-state index is -0.0653. The molecule has 2 N–H and O–H groups in total. The molecule has 0 saturated carbocycles. The molecular formula is C15H22N4O. The van der Waals surface area contributed by atoms with Gasteiger partial charge in [0.1, 0.15) is 5.69 Å². The maximum Gasteiger partial charge on any atom is 0.273 e. The third-order valence-electron chi connectivity index (χ3n) is 3.48. The van der Waals surface area contributed by atoms with E-state index in [2.05, 4.69) is 23.0 Å². The van der Waals surface area contributed by atoms with Gasteiger partial charge in [-0.2, -0.15) is 0 Å². The summed E-state index contributed by atoms with van der Waals surface area (Å²) in [6.07, 6.45) is 6.14. The minimum absolute atomic E-state index is 0.0653. The molecule has 1 aromatic heterocycles. The number of nitrogens with zero attached hydrogens (tertiary/aromatic N) is 3. The molecule has 1 aliphatic heterocycles. The zero-order valence-corrected chi connectivity index (χ0v) is 12.3. The van der Waals surface area contributed by atoms with Crippen molar-refractivity contribution >= 4 is 11.9 Å². The van der Waals surface area contributed by atoms with Gasteiger partial charge in [0.2, 0.25) is 5.95 Å². The van der Waals surface area contributed by atoms with Gasteiger partial charge in [0.25, 0.3) is 5.91 Å². The van der Waals surface area contributed by atoms with Crippen molar-refractivity contribution in [3.8, 4) is 0 Å². The van der Waals surface area contributed by atoms with E-state index in [9.17, 15) is 4.79 Å². The summed E-state index contributed by atoms with van der Waals surface area (Å²) in [5.74, 6) is 0.318. The molecule has 2 rings (SSSR count). The van der Waals surface area contributed by atoms with Crippen molar-refractivity contribution in [1.29, 1.82) is 0 Å². The smallest absolute Gasteiger partial charge is 0.273 e. The van der Waals surface area contributed by atoms with Crippen LogP contribution < -0.4 is 5.73 Å². The fraction of sp³-hybridized carbons (Fsp3) is 0.533. The Balaban J connectivity index is 2.25. The number of amides is 1. The molecule has 108 valence electrons. The lowest BCUT2D eigenvalue weighted by Gasteiger charge is -2.24. The van der Waals surface area contributed by atoms with Crippen molar-refractivity contribution in [3.63, 3.8) is 0 Å². The maximum atomic E-state index is 12.6. The number of carbonyl (C=O) groups is 1. The number of carbonyl (C=O) groups excluding carboxylic acids is 1. The zero-order valence-electron chi connectivity index (χ0n) is 12.3. The number of nitrogen functional groups attached to an aromatic ring is 1. The van der Waals surface area contributed by atoms with Crippen molar-refractivity contribution < 1.29 is 4.79 Å². The van der Waals surface area contributed by atoms with E-state index < -0.39 is 0 Å². The average Bonchev–Trinajstić information content (AvgIpc) is 2.85. The van der Waals surface area contributed by atoms with Crippen molar-refractivity contribution in [3.05, 3.63) is 29.6 Å². The predicted molar refractivity (Wildman–Crippen MR) is 79.4 cm³/mol. The first-order chi connectivity index (χ1) is 9.52. The Morgan fingerprint density at radius 3 is 2.90 bits per heavy atom. The molecule has 0 aromatic carbocycles. The van der Waals surface area contributed by atoms with Crippen molar-refractivity contribution in [2.45, 2.75) is 45.6 Å². The van der Waals surface area contributed by atoms with Crippen LogP contribution in [-0.2, 0) is 0 Å². The summed E-state index contributed by atoms with van der Waals surface area (Å²) in [6, 6.07) is 1.93. The molecule has 0 radical (unpaired) electrons. The normalized spacial score (nSPS) is 18.0. The van der Waals surface area contributed by atoms with Gasteiger partial charge in [0.15, 0.2) is 0 Å². The highest BCUT2D eigenvalue weighted by Gasteiger charge is 2.26. The monoisotopic (exact) mass is 274 g/mol. The van der Waals surface area contributed by atoms with Crippen molar-refractivity contribution in [2.75, 3.05) is 12.3 Å². The quantitative estimate of drug-likeness (QED) is 0.855. The Kier molecular flexibility index (Phi) is 4.37. The van der Waals surface area contributed by atoms with E-state index in [1.165, 1.54) is 0 Å². The van der Waals surface area contributed by atoms with Gasteiger partial charge in [0.05, 0.1) is 6.04 Å². The van der Waals surface area contributed by atoms with E-state index in [-0.39, 0.29) is 23.8 Å². The first-order valence-electron chi connectivity index (χ1n) is 7.15. The lowest BCUT2D eigenvalue weighted by molar-refractivity contribution is 0.0738. The van der Waals surface area contributed by atoms with Crippen LogP contribution in [0.15, 0.2) is 18.2 Å². The Morgan fingerprint density at radius 1 is 1.50 bits per heavy atom. The molecule has 1 aliphatic rings. The highest BCUT2D eigenvalue weighted by molar-refractivity contribution is 5.93. The summed E-state index contributed by atoms with van der Waals surface area (Å²) in [5.41, 5.74) is 6.92. The van der Waals surface area contributed by atoms with Crippen molar-refractivity contribution in [1.82, 2.24) is 14.9 Å². The van der Waals surface area contributed by atoms with Gasteiger partial charge in [-0.15, -0.1) is 0 Å². The van der Waals surface area contributed by atoms with Gasteiger partial charge in [-0.05, 0) is 18.4 Å². The van der Waals surface area contributed by atoms with Crippen LogP contribution >= 0.6 is 0 Å². The number of hydrogen-bond acceptors (Lipinski definition) is 4. The van der Waals surface area contributed by atoms with Crippen molar-refractivity contribution in [2.24, 2.45) is 0 Å². The van der Waals surface area contributed by atoms with Crippen LogP contribution in [0.2, 0.25) is 0 Å². The number of rotatable bonds is 4. The summed E-state index contributed by atoms with van der Waals surface area (Å²) in [5, 5.41) is 0. The van der Waals surface area contributed by atoms with E-state index in [1.54, 1.807) is 6.07 Å². The second-order valence-electron chi connectivity index (χ2n) is 5.43. The zero-order chi connectivity index (χ0) is 14.7. The number of anilines is 1. The topological polar surface area (TPSA) is 72.1 Å². The average molecular weight is 274 g/mol. The van der Waals surface area contributed by atoms with E-state index in [0.29, 0.717) is 12.2 Å². The molecule has 2 heterocycles. The Bertz CT molecular complexity index is 525. The Hall–Kier alpha value is -1.91. The van der Waals surface area contributed by atoms with E-state index in [1.807, 2.05) is 24.8 Å². The maximum absolute atomic E-state index is 12.6. The first kappa shape index (κ1) is 14.5. The van der Waals surface area contributed by atoms with Gasteiger partial charge < -0.3 is 10.6 Å². The fourth-order valence-electron chi connectivity index (χ4n) is 2.39. The largest absolute Gasteiger partial charge is 0.368 e. The van der Waals surface area contributed by atoms with E-state index in [0.717, 1.165) is 18.5 Å². The van der Waals surface area contributed by atoms with Crippen LogP contribution in [0.5, 0.6) is 0 Å². The molecule has 1 aromatic rings. The molecule has 0 aliphatic carbocycles. The Labute approximate surface area is 119 Å². The fourth-order valence-corrected chi connectivity index (χ4v) is 2.39. The van der Waals surface area contributed by atoms with Gasteiger partial charge in [-0.3, -0.25) is 4.79 Å². The van der Waals surface area contributed by atoms with E-state index in [4.69, 9.17) is 5.73 Å². The standard InChI is InChI=1S/C15H22N4O/c1-4-6-11-7-5-8-19(11)14(20)13-9-12(10(2)3)17-15(16)18-13/h5,7,9-11H,4,6,8H2,1-3H3,(H2,16,17,18). The molecular weight excluding hydrogens is 252 g/mol. The van der Waals surface area contributed by atoms with Gasteiger partial charge in [-0.25, -0.2) is 9.97 Å². The molecule has 0 saturated heterocycles. The summed E-state index contributed by atoms with van der Waals surface area (Å²) in [7, 11) is 0. The number of nitrogens with two attached hydrogens (primary N) is 1. The summed E-state index contributed by atoms with van der Waals surface area (Å²) in [6.45, 7) is 6.80. The van der Waals surface area contributed by atoms with Crippen LogP contribution in [0.1, 0.15) is 55.7 Å². The molecule has 0 bridgehead atoms. The van der Waals surface area contributed by atoms with Crippen LogP contribution in [0.3, 0.4) is 0 Å². The molecule has 1 unspecified atom stereocenters. The lowest BCUT2D eigenvalue weighted by Crippen LogP contribution is -2.36. The highest BCUT2D eigenvalue weighted by atomic mass is 16.2. The van der Waals surface area contributed by atoms with Crippen LogP contribution in [0.4, 0.5) is 5.95 Å². The molecule has 5 heteroatoms. The van der Waals surface area contributed by atoms with Gasteiger partial charge >= 0.3 is 0 Å². The first-order valence-corrected chi connectivity index (χ1v) is 7.15. The molecule has 1 amide bonds. The van der Waals surface area contributed by atoms with Crippen LogP contribution in [0.25, 0.3) is 0 Å². The summed E-state index contributed by atoms with van der Waals surface area (Å²) in [4.78, 5) is 22.7. The molecule has 1 atom stereocenters. The SMILES string of the molecule is CCCC1C=CCN1C(=O)c1cc(C(C)C)nc(N)n1. The van der Waals surface area contributed by atoms with Gasteiger partial charge in [-0.1, -0.05) is 39.3 Å². The molecule has 0 spiro atoms.